The van der Waals surface area contributed by atoms with E-state index < -0.39 is 161 Å². The second-order valence-electron chi connectivity index (χ2n) is 17.6. The maximum Gasteiger partial charge on any atom is 0.435 e. The molecule has 2 aliphatic carbocycles. The van der Waals surface area contributed by atoms with Crippen LogP contribution < -0.4 is 14.9 Å². The first-order valence-electron chi connectivity index (χ1n) is 20.9. The number of amides is 3. The number of nitrogens with one attached hydrogen (secondary N) is 2. The molecule has 3 aromatic heterocycles. The SMILES string of the molecule is C[C@H](O)CNC(=O)N(c1nn(CC(F)(F)F)c2c(-c3ccc(C#CC(C)(C)S(C)(=O)=O)nc3[C@H](Cc3cc(F)cc(F)c3)NC(=O)Cn3nc(C(F)(F)F)c4c3C(F)(F)[C@@H]3C[C@H]43)ccc(Cl)c12)S(C)(=O)=O. The third kappa shape index (κ3) is 10.8. The van der Waals surface area contributed by atoms with Crippen molar-refractivity contribution in [3.63, 3.8) is 0 Å². The largest absolute Gasteiger partial charge is 0.435 e. The molecule has 15 nitrogen and oxygen atoms in total. The predicted octanol–water partition coefficient (Wildman–Crippen LogP) is 7.15. The Kier molecular flexibility index (Phi) is 13.6. The molecule has 3 N–H and O–H groups in total. The van der Waals surface area contributed by atoms with Crippen LogP contribution in [0, 0.1) is 29.4 Å². The first-order chi connectivity index (χ1) is 32.6. The summed E-state index contributed by atoms with van der Waals surface area (Å²) in [5.41, 5.74) is -5.93. The van der Waals surface area contributed by atoms with Crippen molar-refractivity contribution in [2.45, 2.75) is 87.8 Å². The summed E-state index contributed by atoms with van der Waals surface area (Å²) in [4.78, 5) is 32.1. The van der Waals surface area contributed by atoms with Crippen LogP contribution in [-0.4, -0.2) is 94.5 Å². The Morgan fingerprint density at radius 2 is 1.61 bits per heavy atom. The summed E-state index contributed by atoms with van der Waals surface area (Å²) >= 11 is 6.59. The summed E-state index contributed by atoms with van der Waals surface area (Å²) in [6.07, 6.45) is -11.2. The number of benzene rings is 2. The number of halogens is 11. The average molecular weight is 1070 g/mol. The van der Waals surface area contributed by atoms with Crippen LogP contribution in [0.3, 0.4) is 0 Å². The van der Waals surface area contributed by atoms with Crippen LogP contribution in [-0.2, 0) is 56.3 Å². The number of sulfonamides is 1. The fourth-order valence-corrected chi connectivity index (χ4v) is 9.39. The lowest BCUT2D eigenvalue weighted by atomic mass is 9.93. The lowest BCUT2D eigenvalue weighted by Crippen LogP contribution is -2.45. The van der Waals surface area contributed by atoms with E-state index in [9.17, 15) is 66.7 Å². The highest BCUT2D eigenvalue weighted by molar-refractivity contribution is 7.93. The van der Waals surface area contributed by atoms with Crippen LogP contribution in [0.5, 0.6) is 0 Å². The number of pyridine rings is 1. The van der Waals surface area contributed by atoms with Gasteiger partial charge in [0.2, 0.25) is 15.9 Å². The first kappa shape index (κ1) is 52.8. The van der Waals surface area contributed by atoms with Gasteiger partial charge in [0.25, 0.3) is 5.92 Å². The van der Waals surface area contributed by atoms with Gasteiger partial charge in [-0.05, 0) is 81.3 Å². The van der Waals surface area contributed by atoms with Crippen molar-refractivity contribution < 1.29 is 75.4 Å². The molecule has 1 saturated carbocycles. The van der Waals surface area contributed by atoms with Crippen molar-refractivity contribution in [3.8, 4) is 23.0 Å². The van der Waals surface area contributed by atoms with E-state index in [4.69, 9.17) is 11.6 Å². The van der Waals surface area contributed by atoms with Crippen molar-refractivity contribution in [2.75, 3.05) is 23.4 Å². The number of aliphatic hydroxyl groups excluding tert-OH is 1. The number of aromatic nitrogens is 5. The van der Waals surface area contributed by atoms with Gasteiger partial charge in [0.15, 0.2) is 21.3 Å². The number of urea groups is 1. The van der Waals surface area contributed by atoms with Gasteiger partial charge in [0.05, 0.1) is 40.0 Å². The number of fused-ring (bicyclic) bond motifs is 4. The molecule has 71 heavy (non-hydrogen) atoms. The highest BCUT2D eigenvalue weighted by atomic mass is 35.5. The molecule has 4 atom stereocenters. The lowest BCUT2D eigenvalue weighted by Gasteiger charge is -2.23. The molecule has 0 aliphatic heterocycles. The Balaban J connectivity index is 1.49. The summed E-state index contributed by atoms with van der Waals surface area (Å²) in [6, 6.07) is 3.24. The van der Waals surface area contributed by atoms with Crippen molar-refractivity contribution in [2.24, 2.45) is 5.92 Å². The number of sulfone groups is 1. The minimum absolute atomic E-state index is 0.00756. The molecule has 5 aromatic rings. The van der Waals surface area contributed by atoms with E-state index in [1.54, 1.807) is 0 Å². The quantitative estimate of drug-likeness (QED) is 0.0805. The monoisotopic (exact) mass is 1070 g/mol. The van der Waals surface area contributed by atoms with Crippen LogP contribution in [0.1, 0.15) is 73.1 Å². The van der Waals surface area contributed by atoms with Crippen molar-refractivity contribution in [1.82, 2.24) is 35.2 Å². The fourth-order valence-electron chi connectivity index (χ4n) is 8.11. The van der Waals surface area contributed by atoms with Gasteiger partial charge in [-0.25, -0.2) is 35.4 Å². The second-order valence-corrected chi connectivity index (χ2v) is 22.4. The molecule has 2 aliphatic rings. The molecule has 3 heterocycles. The van der Waals surface area contributed by atoms with E-state index in [1.807, 2.05) is 0 Å². The summed E-state index contributed by atoms with van der Waals surface area (Å²) in [5, 5.41) is 20.5. The van der Waals surface area contributed by atoms with Crippen molar-refractivity contribution in [1.29, 1.82) is 0 Å². The van der Waals surface area contributed by atoms with Gasteiger partial charge >= 0.3 is 18.4 Å². The Morgan fingerprint density at radius 1 is 0.972 bits per heavy atom. The maximum absolute atomic E-state index is 15.6. The minimum atomic E-state index is -5.22. The van der Waals surface area contributed by atoms with E-state index in [-0.39, 0.29) is 42.5 Å². The van der Waals surface area contributed by atoms with Crippen LogP contribution >= 0.6 is 11.6 Å². The molecule has 382 valence electrons. The molecule has 0 bridgehead atoms. The molecule has 0 spiro atoms. The zero-order valence-corrected chi connectivity index (χ0v) is 39.8. The molecule has 0 unspecified atom stereocenters. The zero-order valence-electron chi connectivity index (χ0n) is 37.4. The number of rotatable bonds is 13. The number of hydrogen-bond acceptors (Lipinski definition) is 10. The van der Waals surface area contributed by atoms with E-state index in [0.29, 0.717) is 12.3 Å². The zero-order chi connectivity index (χ0) is 52.7. The highest BCUT2D eigenvalue weighted by Crippen LogP contribution is 2.68. The highest BCUT2D eigenvalue weighted by Gasteiger charge is 2.68. The fraction of sp³-hybridized carbons (Fsp3) is 0.419. The third-order valence-electron chi connectivity index (χ3n) is 11.6. The van der Waals surface area contributed by atoms with E-state index in [0.717, 1.165) is 42.7 Å². The predicted molar refractivity (Wildman–Crippen MR) is 235 cm³/mol. The first-order valence-corrected chi connectivity index (χ1v) is 25.0. The number of hydrogen-bond donors (Lipinski definition) is 3. The van der Waals surface area contributed by atoms with Crippen LogP contribution in [0.2, 0.25) is 5.02 Å². The van der Waals surface area contributed by atoms with Gasteiger partial charge in [-0.15, -0.1) is 0 Å². The van der Waals surface area contributed by atoms with Gasteiger partial charge in [0.1, 0.15) is 40.9 Å². The van der Waals surface area contributed by atoms with Crippen LogP contribution in [0.4, 0.5) is 54.5 Å². The molecule has 28 heteroatoms. The number of nitrogens with zero attached hydrogens (tertiary/aromatic N) is 6. The molecule has 3 amide bonds. The third-order valence-corrected chi connectivity index (χ3v) is 14.8. The Morgan fingerprint density at radius 3 is 2.18 bits per heavy atom. The van der Waals surface area contributed by atoms with Crippen molar-refractivity contribution in [3.05, 3.63) is 93.0 Å². The normalized spacial score (nSPS) is 17.5. The van der Waals surface area contributed by atoms with Gasteiger partial charge < -0.3 is 15.7 Å². The molecular formula is C43H39ClF10N8O7S2. The van der Waals surface area contributed by atoms with E-state index in [1.165, 1.54) is 20.8 Å². The molecule has 2 aromatic carbocycles. The van der Waals surface area contributed by atoms with E-state index in [2.05, 4.69) is 37.7 Å². The molecular weight excluding hydrogens is 1030 g/mol. The van der Waals surface area contributed by atoms with Gasteiger partial charge in [-0.1, -0.05) is 23.6 Å². The number of alkyl halides is 8. The van der Waals surface area contributed by atoms with E-state index >= 15 is 8.78 Å². The number of carbonyl (C=O) groups excluding carboxylic acids is 2. The van der Waals surface area contributed by atoms with Crippen LogP contribution in [0.25, 0.3) is 22.0 Å². The average Bonchev–Trinajstić information content (AvgIpc) is 3.73. The Labute approximate surface area is 402 Å². The Bertz CT molecular complexity index is 3270. The van der Waals surface area contributed by atoms with Crippen LogP contribution in [0.15, 0.2) is 42.5 Å². The second kappa shape index (κ2) is 18.3. The lowest BCUT2D eigenvalue weighted by molar-refractivity contribution is -0.143. The smallest absolute Gasteiger partial charge is 0.392 e. The molecule has 0 saturated heterocycles. The van der Waals surface area contributed by atoms with Gasteiger partial charge in [0, 0.05) is 41.5 Å². The molecule has 1 fully saturated rings. The summed E-state index contributed by atoms with van der Waals surface area (Å²) < 4.78 is 197. The van der Waals surface area contributed by atoms with Crippen molar-refractivity contribution >= 4 is 60.1 Å². The Hall–Kier alpha value is -5.98. The minimum Gasteiger partial charge on any atom is -0.392 e. The van der Waals surface area contributed by atoms with Gasteiger partial charge in [-0.2, -0.15) is 49.6 Å². The topological polar surface area (TPSA) is 198 Å². The standard InChI is InChI=1S/C43H39ClF10N8O7S2/c1-20(63)17-55-39(65)62(71(5,68)69)38-33-29(44)9-8-26(35(33)61(59-38)19-41(47,48)49)25-7-6-24(10-11-40(2,3)70(4,66)67)56-34(25)30(14-21-12-22(45)15-23(46)13-21)57-31(64)18-60-37-32(36(58-60)43(52,53)54)27-16-28(27)42(37,50)51/h6-9,12-13,15,20,27-28,30,63H,14,16-19H2,1-5H3,(H,55,65)(H,57,64)/t20-,27-,28+,30-/m0/s1. The van der Waals surface area contributed by atoms with Gasteiger partial charge in [-0.3, -0.25) is 14.2 Å². The summed E-state index contributed by atoms with van der Waals surface area (Å²) in [5.74, 6) is -6.06. The summed E-state index contributed by atoms with van der Waals surface area (Å²) in [6.45, 7) is -0.142. The molecule has 0 radical (unpaired) electrons. The number of aliphatic hydroxyl groups is 1. The number of anilines is 1. The molecule has 7 rings (SSSR count). The number of carbonyl (C=O) groups is 2. The summed E-state index contributed by atoms with van der Waals surface area (Å²) in [7, 11) is -8.72. The maximum atomic E-state index is 15.6.